The zero-order valence-corrected chi connectivity index (χ0v) is 15.7. The van der Waals surface area contributed by atoms with E-state index in [4.69, 9.17) is 23.2 Å². The molecule has 2 aromatic rings. The van der Waals surface area contributed by atoms with E-state index in [9.17, 15) is 13.2 Å². The third-order valence-electron chi connectivity index (χ3n) is 4.51. The molecule has 0 aromatic heterocycles. The fraction of sp³-hybridized carbons (Fsp3) is 0.278. The van der Waals surface area contributed by atoms with Gasteiger partial charge in [-0.05, 0) is 43.2 Å². The zero-order chi connectivity index (χ0) is 18.1. The summed E-state index contributed by atoms with van der Waals surface area (Å²) in [6, 6.07) is 12.7. The molecule has 3 rings (SSSR count). The second-order valence-electron chi connectivity index (χ2n) is 6.13. The lowest BCUT2D eigenvalue weighted by atomic mass is 10.1. The number of carbonyl (C=O) groups is 1. The van der Waals surface area contributed by atoms with Crippen LogP contribution in [0.15, 0.2) is 53.4 Å². The van der Waals surface area contributed by atoms with Gasteiger partial charge >= 0.3 is 0 Å². The van der Waals surface area contributed by atoms with Gasteiger partial charge in [-0.1, -0.05) is 54.2 Å². The minimum absolute atomic E-state index is 0.163. The number of sulfone groups is 1. The molecule has 0 radical (unpaired) electrons. The van der Waals surface area contributed by atoms with E-state index < -0.39 is 20.5 Å². The topological polar surface area (TPSA) is 63.2 Å². The number of rotatable bonds is 4. The number of amides is 1. The van der Waals surface area contributed by atoms with Crippen molar-refractivity contribution in [2.24, 2.45) is 0 Å². The number of hydrogen-bond acceptors (Lipinski definition) is 3. The number of halogens is 2. The summed E-state index contributed by atoms with van der Waals surface area (Å²) >= 11 is 11.9. The van der Waals surface area contributed by atoms with Crippen LogP contribution in [0, 0.1) is 0 Å². The lowest BCUT2D eigenvalue weighted by Gasteiger charge is -2.27. The van der Waals surface area contributed by atoms with Crippen molar-refractivity contribution in [3.8, 4) is 0 Å². The molecule has 1 N–H and O–H groups in total. The van der Waals surface area contributed by atoms with Crippen LogP contribution in [-0.4, -0.2) is 19.1 Å². The van der Waals surface area contributed by atoms with Gasteiger partial charge in [0.25, 0.3) is 0 Å². The molecule has 0 atom stereocenters. The number of hydrogen-bond donors (Lipinski definition) is 1. The second kappa shape index (κ2) is 6.98. The van der Waals surface area contributed by atoms with E-state index in [-0.39, 0.29) is 4.90 Å². The SMILES string of the molecule is O=C(Nc1cc(Cl)cc(Cl)c1)C1(S(=O)(=O)c2ccccc2)CCCC1. The summed E-state index contributed by atoms with van der Waals surface area (Å²) in [5.74, 6) is -0.535. The fourth-order valence-corrected chi connectivity index (χ4v) is 5.87. The lowest BCUT2D eigenvalue weighted by molar-refractivity contribution is -0.118. The van der Waals surface area contributed by atoms with Gasteiger partial charge < -0.3 is 5.32 Å². The molecule has 4 nitrogen and oxygen atoms in total. The van der Waals surface area contributed by atoms with Gasteiger partial charge in [0.1, 0.15) is 0 Å². The Bertz CT molecular complexity index is 872. The van der Waals surface area contributed by atoms with Crippen LogP contribution in [0.2, 0.25) is 10.0 Å². The number of nitrogens with one attached hydrogen (secondary N) is 1. The molecule has 0 bridgehead atoms. The molecule has 1 fully saturated rings. The molecular weight excluding hydrogens is 381 g/mol. The highest BCUT2D eigenvalue weighted by Gasteiger charge is 2.52. The third kappa shape index (κ3) is 3.41. The zero-order valence-electron chi connectivity index (χ0n) is 13.3. The summed E-state index contributed by atoms with van der Waals surface area (Å²) in [6.45, 7) is 0. The average Bonchev–Trinajstić information content (AvgIpc) is 3.06. The first kappa shape index (κ1) is 18.2. The van der Waals surface area contributed by atoms with E-state index in [0.29, 0.717) is 41.4 Å². The van der Waals surface area contributed by atoms with E-state index in [2.05, 4.69) is 5.32 Å². The van der Waals surface area contributed by atoms with Crippen LogP contribution in [0.1, 0.15) is 25.7 Å². The molecule has 2 aromatic carbocycles. The highest BCUT2D eigenvalue weighted by molar-refractivity contribution is 7.93. The van der Waals surface area contributed by atoms with Gasteiger partial charge in [-0.15, -0.1) is 0 Å². The molecule has 1 aliphatic carbocycles. The molecule has 0 aliphatic heterocycles. The van der Waals surface area contributed by atoms with Crippen LogP contribution in [0.25, 0.3) is 0 Å². The molecule has 7 heteroatoms. The predicted molar refractivity (Wildman–Crippen MR) is 99.9 cm³/mol. The van der Waals surface area contributed by atoms with Crippen molar-refractivity contribution >= 4 is 44.6 Å². The molecule has 1 aliphatic rings. The minimum Gasteiger partial charge on any atom is -0.325 e. The van der Waals surface area contributed by atoms with Crippen LogP contribution in [0.5, 0.6) is 0 Å². The fourth-order valence-electron chi connectivity index (χ4n) is 3.26. The summed E-state index contributed by atoms with van der Waals surface area (Å²) in [4.78, 5) is 13.2. The number of carbonyl (C=O) groups excluding carboxylic acids is 1. The Morgan fingerprint density at radius 1 is 0.960 bits per heavy atom. The maximum Gasteiger partial charge on any atom is 0.246 e. The van der Waals surface area contributed by atoms with Crippen molar-refractivity contribution in [2.75, 3.05) is 5.32 Å². The molecular formula is C18H17Cl2NO3S. The summed E-state index contributed by atoms with van der Waals surface area (Å²) in [5.41, 5.74) is 0.386. The van der Waals surface area contributed by atoms with Crippen molar-refractivity contribution in [1.29, 1.82) is 0 Å². The van der Waals surface area contributed by atoms with E-state index >= 15 is 0 Å². The maximum atomic E-state index is 13.2. The van der Waals surface area contributed by atoms with Gasteiger partial charge in [-0.2, -0.15) is 0 Å². The van der Waals surface area contributed by atoms with Gasteiger partial charge in [-0.3, -0.25) is 4.79 Å². The number of anilines is 1. The van der Waals surface area contributed by atoms with E-state index in [1.807, 2.05) is 0 Å². The Morgan fingerprint density at radius 2 is 1.52 bits per heavy atom. The van der Waals surface area contributed by atoms with E-state index in [0.717, 1.165) is 0 Å². The Labute approximate surface area is 157 Å². The maximum absolute atomic E-state index is 13.2. The van der Waals surface area contributed by atoms with Crippen molar-refractivity contribution in [2.45, 2.75) is 35.3 Å². The first-order valence-corrected chi connectivity index (χ1v) is 10.2. The molecule has 1 amide bonds. The Balaban J connectivity index is 1.99. The molecule has 1 saturated carbocycles. The van der Waals surface area contributed by atoms with Crippen molar-refractivity contribution in [3.63, 3.8) is 0 Å². The first-order valence-electron chi connectivity index (χ1n) is 7.92. The van der Waals surface area contributed by atoms with Gasteiger partial charge in [0.2, 0.25) is 5.91 Å². The van der Waals surface area contributed by atoms with Gasteiger partial charge in [-0.25, -0.2) is 8.42 Å². The summed E-state index contributed by atoms with van der Waals surface area (Å²) in [5, 5.41) is 3.43. The second-order valence-corrected chi connectivity index (χ2v) is 9.26. The number of benzene rings is 2. The largest absolute Gasteiger partial charge is 0.325 e. The minimum atomic E-state index is -3.82. The first-order chi connectivity index (χ1) is 11.8. The van der Waals surface area contributed by atoms with Crippen LogP contribution in [-0.2, 0) is 14.6 Å². The normalized spacial score (nSPS) is 16.6. The highest BCUT2D eigenvalue weighted by Crippen LogP contribution is 2.41. The Kier molecular flexibility index (Phi) is 5.09. The van der Waals surface area contributed by atoms with Gasteiger partial charge in [0.15, 0.2) is 14.6 Å². The molecule has 25 heavy (non-hydrogen) atoms. The molecule has 0 spiro atoms. The molecule has 0 unspecified atom stereocenters. The monoisotopic (exact) mass is 397 g/mol. The highest BCUT2D eigenvalue weighted by atomic mass is 35.5. The lowest BCUT2D eigenvalue weighted by Crippen LogP contribution is -2.47. The molecule has 132 valence electrons. The third-order valence-corrected chi connectivity index (χ3v) is 7.47. The van der Waals surface area contributed by atoms with Crippen LogP contribution >= 0.6 is 23.2 Å². The Morgan fingerprint density at radius 3 is 2.08 bits per heavy atom. The average molecular weight is 398 g/mol. The smallest absolute Gasteiger partial charge is 0.246 e. The summed E-state index contributed by atoms with van der Waals surface area (Å²) in [6.07, 6.45) is 1.97. The van der Waals surface area contributed by atoms with Gasteiger partial charge in [0, 0.05) is 15.7 Å². The van der Waals surface area contributed by atoms with E-state index in [1.54, 1.807) is 36.4 Å². The van der Waals surface area contributed by atoms with Crippen LogP contribution < -0.4 is 5.32 Å². The van der Waals surface area contributed by atoms with Gasteiger partial charge in [0.05, 0.1) is 4.90 Å². The van der Waals surface area contributed by atoms with Crippen molar-refractivity contribution < 1.29 is 13.2 Å². The quantitative estimate of drug-likeness (QED) is 0.811. The molecule has 0 saturated heterocycles. The predicted octanol–water partition coefficient (Wildman–Crippen LogP) is 4.72. The van der Waals surface area contributed by atoms with Crippen molar-refractivity contribution in [1.82, 2.24) is 0 Å². The van der Waals surface area contributed by atoms with Crippen LogP contribution in [0.4, 0.5) is 5.69 Å². The van der Waals surface area contributed by atoms with Crippen molar-refractivity contribution in [3.05, 3.63) is 58.6 Å². The summed E-state index contributed by atoms with van der Waals surface area (Å²) < 4.78 is 24.9. The standard InChI is InChI=1S/C18H17Cl2NO3S/c19-13-10-14(20)12-15(11-13)21-17(22)18(8-4-5-9-18)25(23,24)16-6-2-1-3-7-16/h1-3,6-7,10-12H,4-5,8-9H2,(H,21,22). The summed E-state index contributed by atoms with van der Waals surface area (Å²) in [7, 11) is -3.82. The van der Waals surface area contributed by atoms with E-state index in [1.165, 1.54) is 12.1 Å². The Hall–Kier alpha value is -1.56. The van der Waals surface area contributed by atoms with Crippen LogP contribution in [0.3, 0.4) is 0 Å². The molecule has 0 heterocycles.